The molecule has 1 aromatic carbocycles. The summed E-state index contributed by atoms with van der Waals surface area (Å²) in [6.45, 7) is 3.99. The number of rotatable bonds is 5. The van der Waals surface area contributed by atoms with Crippen LogP contribution in [-0.4, -0.2) is 25.8 Å². The standard InChI is InChI=1S/C17H21N3O2S/c1-14-4-6-15(7-5-14)12-18-17-9-8-16(13-19-17)23(21,22)20-10-2-3-11-20/h4-9,13H,2-3,10-12H2,1H3,(H,18,19)/p+1. The molecule has 2 aromatic rings. The van der Waals surface area contributed by atoms with Gasteiger partial charge in [-0.2, -0.15) is 4.31 Å². The summed E-state index contributed by atoms with van der Waals surface area (Å²) in [7, 11) is -3.35. The topological polar surface area (TPSA) is 63.6 Å². The maximum absolute atomic E-state index is 12.4. The molecule has 122 valence electrons. The predicted octanol–water partition coefficient (Wildman–Crippen LogP) is 2.21. The van der Waals surface area contributed by atoms with Gasteiger partial charge in [-0.25, -0.2) is 13.4 Å². The maximum Gasteiger partial charge on any atom is 0.272 e. The summed E-state index contributed by atoms with van der Waals surface area (Å²) < 4.78 is 26.4. The van der Waals surface area contributed by atoms with Crippen molar-refractivity contribution < 1.29 is 13.4 Å². The summed E-state index contributed by atoms with van der Waals surface area (Å²) in [6, 6.07) is 11.7. The van der Waals surface area contributed by atoms with Crippen molar-refractivity contribution in [2.75, 3.05) is 18.4 Å². The quantitative estimate of drug-likeness (QED) is 0.913. The molecule has 23 heavy (non-hydrogen) atoms. The summed E-state index contributed by atoms with van der Waals surface area (Å²) in [4.78, 5) is 3.35. The molecule has 0 spiro atoms. The van der Waals surface area contributed by atoms with E-state index in [1.807, 2.05) is 0 Å². The average Bonchev–Trinajstić information content (AvgIpc) is 3.10. The minimum atomic E-state index is -3.35. The number of aryl methyl sites for hydroxylation is 1. The number of H-pyrrole nitrogens is 1. The van der Waals surface area contributed by atoms with Gasteiger partial charge in [0.15, 0.2) is 0 Å². The Balaban J connectivity index is 1.66. The number of pyridine rings is 1. The highest BCUT2D eigenvalue weighted by Gasteiger charge is 2.27. The zero-order valence-electron chi connectivity index (χ0n) is 13.2. The summed E-state index contributed by atoms with van der Waals surface area (Å²) in [5, 5.41) is 3.26. The lowest BCUT2D eigenvalue weighted by atomic mass is 10.1. The fourth-order valence-corrected chi connectivity index (χ4v) is 4.15. The van der Waals surface area contributed by atoms with E-state index in [1.165, 1.54) is 11.1 Å². The number of nitrogens with one attached hydrogen (secondary N) is 2. The van der Waals surface area contributed by atoms with Crippen molar-refractivity contribution in [2.45, 2.75) is 31.2 Å². The molecule has 1 aromatic heterocycles. The van der Waals surface area contributed by atoms with E-state index in [9.17, 15) is 8.42 Å². The zero-order valence-corrected chi connectivity index (χ0v) is 14.1. The molecule has 2 heterocycles. The summed E-state index contributed by atoms with van der Waals surface area (Å²) in [5.41, 5.74) is 2.41. The van der Waals surface area contributed by atoms with Gasteiger partial charge in [-0.15, -0.1) is 0 Å². The molecule has 6 heteroatoms. The minimum Gasteiger partial charge on any atom is -0.270 e. The Kier molecular flexibility index (Phi) is 4.63. The third-order valence-corrected chi connectivity index (χ3v) is 5.99. The number of hydrogen-bond acceptors (Lipinski definition) is 3. The van der Waals surface area contributed by atoms with Crippen molar-refractivity contribution in [3.05, 3.63) is 53.7 Å². The van der Waals surface area contributed by atoms with E-state index in [1.54, 1.807) is 22.6 Å². The number of nitrogens with zero attached hydrogens (tertiary/aromatic N) is 1. The Morgan fingerprint density at radius 1 is 1.09 bits per heavy atom. The highest BCUT2D eigenvalue weighted by atomic mass is 32.2. The third kappa shape index (κ3) is 3.71. The number of benzene rings is 1. The van der Waals surface area contributed by atoms with Crippen LogP contribution < -0.4 is 10.3 Å². The Bertz CT molecular complexity index is 749. The molecule has 1 fully saturated rings. The molecule has 1 saturated heterocycles. The van der Waals surface area contributed by atoms with Crippen LogP contribution >= 0.6 is 0 Å². The van der Waals surface area contributed by atoms with Gasteiger partial charge in [0, 0.05) is 19.2 Å². The van der Waals surface area contributed by atoms with Gasteiger partial charge in [0.2, 0.25) is 10.0 Å². The van der Waals surface area contributed by atoms with Gasteiger partial charge in [-0.1, -0.05) is 29.8 Å². The van der Waals surface area contributed by atoms with E-state index in [4.69, 9.17) is 0 Å². The first-order valence-corrected chi connectivity index (χ1v) is 9.31. The lowest BCUT2D eigenvalue weighted by molar-refractivity contribution is -0.364. The Labute approximate surface area is 137 Å². The van der Waals surface area contributed by atoms with Gasteiger partial charge in [-0.3, -0.25) is 5.32 Å². The lowest BCUT2D eigenvalue weighted by Gasteiger charge is -2.14. The van der Waals surface area contributed by atoms with E-state index in [2.05, 4.69) is 41.5 Å². The number of sulfonamides is 1. The van der Waals surface area contributed by atoms with E-state index in [0.717, 1.165) is 18.7 Å². The van der Waals surface area contributed by atoms with Gasteiger partial charge in [0.05, 0.1) is 0 Å². The van der Waals surface area contributed by atoms with Crippen LogP contribution in [0, 0.1) is 6.92 Å². The fraction of sp³-hybridized carbons (Fsp3) is 0.353. The summed E-state index contributed by atoms with van der Waals surface area (Å²) >= 11 is 0. The molecule has 1 aliphatic rings. The summed E-state index contributed by atoms with van der Waals surface area (Å²) in [6.07, 6.45) is 3.45. The highest BCUT2D eigenvalue weighted by Crippen LogP contribution is 2.20. The monoisotopic (exact) mass is 332 g/mol. The average molecular weight is 332 g/mol. The Morgan fingerprint density at radius 3 is 2.39 bits per heavy atom. The highest BCUT2D eigenvalue weighted by molar-refractivity contribution is 7.89. The molecule has 0 saturated carbocycles. The Hall–Kier alpha value is -1.92. The molecule has 0 unspecified atom stereocenters. The molecular weight excluding hydrogens is 310 g/mol. The van der Waals surface area contributed by atoms with Crippen molar-refractivity contribution in [3.63, 3.8) is 0 Å². The number of aromatic nitrogens is 1. The third-order valence-electron chi connectivity index (χ3n) is 4.09. The predicted molar refractivity (Wildman–Crippen MR) is 89.5 cm³/mol. The fourth-order valence-electron chi connectivity index (χ4n) is 2.66. The lowest BCUT2D eigenvalue weighted by Crippen LogP contribution is -2.29. The zero-order chi connectivity index (χ0) is 16.3. The van der Waals surface area contributed by atoms with Crippen LogP contribution in [0.3, 0.4) is 0 Å². The smallest absolute Gasteiger partial charge is 0.270 e. The van der Waals surface area contributed by atoms with Crippen molar-refractivity contribution in [1.82, 2.24) is 4.31 Å². The van der Waals surface area contributed by atoms with Crippen LogP contribution in [0.15, 0.2) is 47.5 Å². The van der Waals surface area contributed by atoms with E-state index in [0.29, 0.717) is 24.5 Å². The Morgan fingerprint density at radius 2 is 1.78 bits per heavy atom. The van der Waals surface area contributed by atoms with Crippen molar-refractivity contribution in [3.8, 4) is 0 Å². The molecule has 0 bridgehead atoms. The second-order valence-electron chi connectivity index (χ2n) is 5.89. The first kappa shape index (κ1) is 16.0. The van der Waals surface area contributed by atoms with Gasteiger partial charge in [0.1, 0.15) is 17.6 Å². The second kappa shape index (κ2) is 6.68. The molecule has 0 radical (unpaired) electrons. The van der Waals surface area contributed by atoms with E-state index >= 15 is 0 Å². The molecule has 0 atom stereocenters. The molecular formula is C17H22N3O2S+. The van der Waals surface area contributed by atoms with Gasteiger partial charge in [0.25, 0.3) is 5.82 Å². The van der Waals surface area contributed by atoms with Crippen LogP contribution in [0.1, 0.15) is 24.0 Å². The summed E-state index contributed by atoms with van der Waals surface area (Å²) in [5.74, 6) is 0.797. The van der Waals surface area contributed by atoms with Gasteiger partial charge >= 0.3 is 0 Å². The number of anilines is 1. The van der Waals surface area contributed by atoms with Gasteiger partial charge < -0.3 is 0 Å². The molecule has 5 nitrogen and oxygen atoms in total. The van der Waals surface area contributed by atoms with Crippen LogP contribution in [0.25, 0.3) is 0 Å². The molecule has 0 aliphatic carbocycles. The van der Waals surface area contributed by atoms with Crippen molar-refractivity contribution >= 4 is 15.8 Å². The maximum atomic E-state index is 12.4. The first-order valence-electron chi connectivity index (χ1n) is 7.87. The second-order valence-corrected chi connectivity index (χ2v) is 7.83. The van der Waals surface area contributed by atoms with Crippen LogP contribution in [0.5, 0.6) is 0 Å². The number of aromatic amines is 1. The molecule has 3 rings (SSSR count). The van der Waals surface area contributed by atoms with E-state index < -0.39 is 10.0 Å². The molecule has 1 aliphatic heterocycles. The first-order chi connectivity index (χ1) is 11.1. The van der Waals surface area contributed by atoms with Crippen molar-refractivity contribution in [2.24, 2.45) is 0 Å². The minimum absolute atomic E-state index is 0.320. The van der Waals surface area contributed by atoms with Crippen LogP contribution in [0.4, 0.5) is 5.82 Å². The molecule has 0 amide bonds. The number of hydrogen-bond donors (Lipinski definition) is 1. The van der Waals surface area contributed by atoms with Crippen LogP contribution in [0.2, 0.25) is 0 Å². The van der Waals surface area contributed by atoms with Crippen molar-refractivity contribution in [1.29, 1.82) is 0 Å². The molecule has 2 N–H and O–H groups in total. The normalized spacial score (nSPS) is 15.7. The van der Waals surface area contributed by atoms with E-state index in [-0.39, 0.29) is 0 Å². The largest absolute Gasteiger partial charge is 0.272 e. The van der Waals surface area contributed by atoms with Crippen LogP contribution in [-0.2, 0) is 16.6 Å². The van der Waals surface area contributed by atoms with Gasteiger partial charge in [-0.05, 0) is 31.4 Å². The SMILES string of the molecule is Cc1ccc(CNc2ccc(S(=O)(=O)N3CCCC3)c[nH+]2)cc1.